The van der Waals surface area contributed by atoms with Gasteiger partial charge in [-0.15, -0.1) is 0 Å². The zero-order valence-electron chi connectivity index (χ0n) is 8.28. The Labute approximate surface area is 70.9 Å². The van der Waals surface area contributed by atoms with E-state index in [1.54, 1.807) is 0 Å². The second-order valence-electron chi connectivity index (χ2n) is 3.12. The van der Waals surface area contributed by atoms with Gasteiger partial charge in [0.1, 0.15) is 0 Å². The molecule has 0 unspecified atom stereocenters. The van der Waals surface area contributed by atoms with E-state index in [1.165, 1.54) is 25.0 Å². The molecule has 1 atom stereocenters. The van der Waals surface area contributed by atoms with Crippen molar-refractivity contribution in [3.8, 4) is 0 Å². The molecular formula is C10H21N. The summed E-state index contributed by atoms with van der Waals surface area (Å²) in [5, 5.41) is 3.19. The Balaban J connectivity index is 3.51. The molecule has 66 valence electrons. The topological polar surface area (TPSA) is 12.0 Å². The first-order valence-corrected chi connectivity index (χ1v) is 4.57. The first kappa shape index (κ1) is 10.5. The van der Waals surface area contributed by atoms with Crippen LogP contribution in [0.5, 0.6) is 0 Å². The van der Waals surface area contributed by atoms with Crippen molar-refractivity contribution in [1.29, 1.82) is 0 Å². The molecule has 0 saturated heterocycles. The molecule has 0 spiro atoms. The van der Waals surface area contributed by atoms with Crippen molar-refractivity contribution in [3.05, 3.63) is 11.8 Å². The standard InChI is InChI=1S/C10H21N/c1-5-9(3)7-8-10(6-2)11-4/h6,9,11H,5,7-8H2,1-4H3/b10-6+/t9-/m0/s1. The largest absolute Gasteiger partial charge is 0.392 e. The van der Waals surface area contributed by atoms with Crippen LogP contribution in [0.15, 0.2) is 11.8 Å². The first-order valence-electron chi connectivity index (χ1n) is 4.57. The van der Waals surface area contributed by atoms with Crippen LogP contribution in [0.25, 0.3) is 0 Å². The van der Waals surface area contributed by atoms with E-state index in [-0.39, 0.29) is 0 Å². The van der Waals surface area contributed by atoms with E-state index in [0.29, 0.717) is 0 Å². The molecule has 0 bridgehead atoms. The smallest absolute Gasteiger partial charge is 0.00608 e. The Morgan fingerprint density at radius 2 is 2.18 bits per heavy atom. The van der Waals surface area contributed by atoms with Gasteiger partial charge in [-0.2, -0.15) is 0 Å². The lowest BCUT2D eigenvalue weighted by Gasteiger charge is -2.09. The normalized spacial score (nSPS) is 14.7. The number of allylic oxidation sites excluding steroid dienone is 2. The van der Waals surface area contributed by atoms with Gasteiger partial charge in [0.05, 0.1) is 0 Å². The zero-order valence-corrected chi connectivity index (χ0v) is 8.28. The van der Waals surface area contributed by atoms with Gasteiger partial charge in [0, 0.05) is 12.7 Å². The minimum absolute atomic E-state index is 0.860. The van der Waals surface area contributed by atoms with E-state index < -0.39 is 0 Å². The summed E-state index contributed by atoms with van der Waals surface area (Å²) in [5.41, 5.74) is 1.37. The molecule has 1 N–H and O–H groups in total. The van der Waals surface area contributed by atoms with Crippen molar-refractivity contribution in [3.63, 3.8) is 0 Å². The lowest BCUT2D eigenvalue weighted by Crippen LogP contribution is -2.06. The maximum absolute atomic E-state index is 3.19. The highest BCUT2D eigenvalue weighted by molar-refractivity contribution is 4.96. The fourth-order valence-corrected chi connectivity index (χ4v) is 1.02. The third-order valence-corrected chi connectivity index (χ3v) is 2.27. The van der Waals surface area contributed by atoms with Crippen molar-refractivity contribution in [1.82, 2.24) is 5.32 Å². The number of hydrogen-bond donors (Lipinski definition) is 1. The van der Waals surface area contributed by atoms with E-state index in [4.69, 9.17) is 0 Å². The molecule has 0 saturated carbocycles. The van der Waals surface area contributed by atoms with E-state index in [0.717, 1.165) is 5.92 Å². The monoisotopic (exact) mass is 155 g/mol. The predicted molar refractivity (Wildman–Crippen MR) is 51.5 cm³/mol. The molecule has 1 heteroatoms. The van der Waals surface area contributed by atoms with Crippen molar-refractivity contribution >= 4 is 0 Å². The molecule has 1 nitrogen and oxygen atoms in total. The summed E-state index contributed by atoms with van der Waals surface area (Å²) in [6.45, 7) is 6.64. The van der Waals surface area contributed by atoms with Crippen molar-refractivity contribution < 1.29 is 0 Å². The van der Waals surface area contributed by atoms with Gasteiger partial charge in [0.25, 0.3) is 0 Å². The van der Waals surface area contributed by atoms with Crippen LogP contribution in [-0.2, 0) is 0 Å². The second-order valence-corrected chi connectivity index (χ2v) is 3.12. The molecule has 0 aliphatic carbocycles. The highest BCUT2D eigenvalue weighted by atomic mass is 14.8. The van der Waals surface area contributed by atoms with Crippen LogP contribution >= 0.6 is 0 Å². The predicted octanol–water partition coefficient (Wildman–Crippen LogP) is 2.94. The van der Waals surface area contributed by atoms with Crippen LogP contribution in [-0.4, -0.2) is 7.05 Å². The van der Waals surface area contributed by atoms with Gasteiger partial charge in [-0.25, -0.2) is 0 Å². The molecular weight excluding hydrogens is 134 g/mol. The Morgan fingerprint density at radius 3 is 2.55 bits per heavy atom. The lowest BCUT2D eigenvalue weighted by atomic mass is 10.0. The third-order valence-electron chi connectivity index (χ3n) is 2.27. The average molecular weight is 155 g/mol. The summed E-state index contributed by atoms with van der Waals surface area (Å²) in [5.74, 6) is 0.860. The SMILES string of the molecule is C/C=C(\CC[C@@H](C)CC)NC. The van der Waals surface area contributed by atoms with E-state index in [9.17, 15) is 0 Å². The summed E-state index contributed by atoms with van der Waals surface area (Å²) in [6, 6.07) is 0. The molecule has 0 fully saturated rings. The number of hydrogen-bond acceptors (Lipinski definition) is 1. The Morgan fingerprint density at radius 1 is 1.55 bits per heavy atom. The fourth-order valence-electron chi connectivity index (χ4n) is 1.02. The molecule has 0 heterocycles. The van der Waals surface area contributed by atoms with Crippen LogP contribution in [0.2, 0.25) is 0 Å². The summed E-state index contributed by atoms with van der Waals surface area (Å²) in [7, 11) is 1.99. The van der Waals surface area contributed by atoms with Crippen molar-refractivity contribution in [2.24, 2.45) is 5.92 Å². The molecule has 0 aromatic rings. The molecule has 0 aliphatic rings. The van der Waals surface area contributed by atoms with Gasteiger partial charge in [0.15, 0.2) is 0 Å². The molecule has 0 rings (SSSR count). The van der Waals surface area contributed by atoms with Gasteiger partial charge in [-0.05, 0) is 25.7 Å². The van der Waals surface area contributed by atoms with E-state index in [1.807, 2.05) is 7.05 Å². The lowest BCUT2D eigenvalue weighted by molar-refractivity contribution is 0.509. The fraction of sp³-hybridized carbons (Fsp3) is 0.800. The zero-order chi connectivity index (χ0) is 8.69. The van der Waals surface area contributed by atoms with E-state index >= 15 is 0 Å². The maximum Gasteiger partial charge on any atom is 0.00608 e. The Hall–Kier alpha value is -0.460. The van der Waals surface area contributed by atoms with Gasteiger partial charge in [-0.3, -0.25) is 0 Å². The molecule has 11 heavy (non-hydrogen) atoms. The van der Waals surface area contributed by atoms with Crippen LogP contribution in [0.1, 0.15) is 40.0 Å². The number of nitrogens with one attached hydrogen (secondary N) is 1. The van der Waals surface area contributed by atoms with Gasteiger partial charge in [0.2, 0.25) is 0 Å². The highest BCUT2D eigenvalue weighted by Gasteiger charge is 1.99. The van der Waals surface area contributed by atoms with Gasteiger partial charge >= 0.3 is 0 Å². The first-order chi connectivity index (χ1) is 5.24. The maximum atomic E-state index is 3.19. The molecule has 0 amide bonds. The van der Waals surface area contributed by atoms with Crippen molar-refractivity contribution in [2.45, 2.75) is 40.0 Å². The summed E-state index contributed by atoms with van der Waals surface area (Å²) >= 11 is 0. The third kappa shape index (κ3) is 4.88. The second kappa shape index (κ2) is 6.26. The van der Waals surface area contributed by atoms with Gasteiger partial charge < -0.3 is 5.32 Å². The quantitative estimate of drug-likeness (QED) is 0.643. The van der Waals surface area contributed by atoms with Crippen molar-refractivity contribution in [2.75, 3.05) is 7.05 Å². The minimum Gasteiger partial charge on any atom is -0.392 e. The molecule has 0 aromatic carbocycles. The minimum atomic E-state index is 0.860. The summed E-state index contributed by atoms with van der Waals surface area (Å²) in [4.78, 5) is 0. The van der Waals surface area contributed by atoms with Gasteiger partial charge in [-0.1, -0.05) is 26.3 Å². The van der Waals surface area contributed by atoms with E-state index in [2.05, 4.69) is 32.2 Å². The highest BCUT2D eigenvalue weighted by Crippen LogP contribution is 2.12. The summed E-state index contributed by atoms with van der Waals surface area (Å²) in [6.07, 6.45) is 5.95. The molecule has 0 radical (unpaired) electrons. The average Bonchev–Trinajstić information content (AvgIpc) is 2.06. The molecule has 0 aromatic heterocycles. The number of rotatable bonds is 5. The summed E-state index contributed by atoms with van der Waals surface area (Å²) < 4.78 is 0. The van der Waals surface area contributed by atoms with Crippen LogP contribution < -0.4 is 5.32 Å². The Bertz CT molecular complexity index is 116. The Kier molecular flexibility index (Phi) is 6.00. The molecule has 0 aliphatic heterocycles. The van der Waals surface area contributed by atoms with Crippen LogP contribution in [0, 0.1) is 5.92 Å². The van der Waals surface area contributed by atoms with Crippen LogP contribution in [0.4, 0.5) is 0 Å². The van der Waals surface area contributed by atoms with Crippen LogP contribution in [0.3, 0.4) is 0 Å².